The minimum absolute atomic E-state index is 0.310. The van der Waals surface area contributed by atoms with Crippen LogP contribution in [0.3, 0.4) is 0 Å². The van der Waals surface area contributed by atoms with Gasteiger partial charge in [0, 0.05) is 0 Å². The van der Waals surface area contributed by atoms with Crippen LogP contribution < -0.4 is 0 Å². The molecule has 0 bridgehead atoms. The van der Waals surface area contributed by atoms with Gasteiger partial charge in [0.2, 0.25) is 0 Å². The first-order chi connectivity index (χ1) is 4.16. The van der Waals surface area contributed by atoms with Gasteiger partial charge in [-0.2, -0.15) is 0 Å². The van der Waals surface area contributed by atoms with E-state index in [2.05, 4.69) is 0 Å². The summed E-state index contributed by atoms with van der Waals surface area (Å²) in [6, 6.07) is 0. The Morgan fingerprint density at radius 2 is 1.89 bits per heavy atom. The molecule has 0 heterocycles. The summed E-state index contributed by atoms with van der Waals surface area (Å²) in [5.74, 6) is 0. The first-order valence-electron chi connectivity index (χ1n) is 3.53. The summed E-state index contributed by atoms with van der Waals surface area (Å²) in [5.41, 5.74) is 0. The normalized spacial score (nSPS) is 17.3. The molecule has 2 unspecified atom stereocenters. The second-order valence-corrected chi connectivity index (χ2v) is 2.53. The molecule has 0 aromatic rings. The van der Waals surface area contributed by atoms with Crippen molar-refractivity contribution in [3.8, 4) is 0 Å². The Bertz CT molecular complexity index is 61.9. The number of hydrogen-bond acceptors (Lipinski definition) is 2. The van der Waals surface area contributed by atoms with Gasteiger partial charge in [-0.3, -0.25) is 0 Å². The number of rotatable bonds is 4. The number of aliphatic hydroxyl groups excluding tert-OH is 2. The van der Waals surface area contributed by atoms with Crippen LogP contribution in [0.4, 0.5) is 0 Å². The Labute approximate surface area is 56.5 Å². The van der Waals surface area contributed by atoms with E-state index < -0.39 is 0 Å². The van der Waals surface area contributed by atoms with Gasteiger partial charge in [-0.1, -0.05) is 13.3 Å². The van der Waals surface area contributed by atoms with Crippen molar-refractivity contribution in [3.05, 3.63) is 0 Å². The van der Waals surface area contributed by atoms with E-state index in [1.807, 2.05) is 6.92 Å². The minimum atomic E-state index is -0.369. The molecule has 0 aliphatic carbocycles. The molecule has 9 heavy (non-hydrogen) atoms. The molecule has 0 aromatic carbocycles. The van der Waals surface area contributed by atoms with Crippen molar-refractivity contribution in [2.24, 2.45) is 0 Å². The Morgan fingerprint density at radius 3 is 2.22 bits per heavy atom. The maximum atomic E-state index is 9.06. The van der Waals surface area contributed by atoms with E-state index in [-0.39, 0.29) is 12.2 Å². The third kappa shape index (κ3) is 5.80. The van der Waals surface area contributed by atoms with Crippen molar-refractivity contribution in [2.45, 2.75) is 45.3 Å². The minimum Gasteiger partial charge on any atom is -0.393 e. The van der Waals surface area contributed by atoms with E-state index in [9.17, 15) is 0 Å². The SMILES string of the molecule is CCCC(O)CC(C)O. The smallest absolute Gasteiger partial charge is 0.0564 e. The fourth-order valence-corrected chi connectivity index (χ4v) is 0.845. The van der Waals surface area contributed by atoms with E-state index in [0.29, 0.717) is 6.42 Å². The van der Waals surface area contributed by atoms with Crippen molar-refractivity contribution < 1.29 is 10.2 Å². The third-order valence-corrected chi connectivity index (χ3v) is 1.24. The molecular formula is C7H16O2. The molecule has 2 heteroatoms. The summed E-state index contributed by atoms with van der Waals surface area (Å²) in [5, 5.41) is 17.8. The summed E-state index contributed by atoms with van der Waals surface area (Å²) in [6.45, 7) is 3.71. The first kappa shape index (κ1) is 8.92. The summed E-state index contributed by atoms with van der Waals surface area (Å²) in [4.78, 5) is 0. The monoisotopic (exact) mass is 132 g/mol. The predicted molar refractivity (Wildman–Crippen MR) is 37.2 cm³/mol. The van der Waals surface area contributed by atoms with Gasteiger partial charge in [-0.25, -0.2) is 0 Å². The highest BCUT2D eigenvalue weighted by Crippen LogP contribution is 2.03. The first-order valence-corrected chi connectivity index (χ1v) is 3.53. The van der Waals surface area contributed by atoms with Gasteiger partial charge in [0.15, 0.2) is 0 Å². The maximum absolute atomic E-state index is 9.06. The average molecular weight is 132 g/mol. The Balaban J connectivity index is 3.15. The molecule has 0 aliphatic heterocycles. The number of hydrogen-bond donors (Lipinski definition) is 2. The van der Waals surface area contributed by atoms with E-state index in [1.54, 1.807) is 6.92 Å². The molecule has 0 aliphatic rings. The van der Waals surface area contributed by atoms with Gasteiger partial charge >= 0.3 is 0 Å². The van der Waals surface area contributed by atoms with Crippen molar-refractivity contribution in [1.82, 2.24) is 0 Å². The summed E-state index contributed by atoms with van der Waals surface area (Å²) < 4.78 is 0. The zero-order chi connectivity index (χ0) is 7.28. The summed E-state index contributed by atoms with van der Waals surface area (Å²) in [6.07, 6.45) is 1.61. The molecule has 0 saturated carbocycles. The van der Waals surface area contributed by atoms with E-state index in [4.69, 9.17) is 10.2 Å². The van der Waals surface area contributed by atoms with Gasteiger partial charge in [-0.05, 0) is 19.8 Å². The Kier molecular flexibility index (Phi) is 4.72. The van der Waals surface area contributed by atoms with Crippen LogP contribution >= 0.6 is 0 Å². The second kappa shape index (κ2) is 4.77. The average Bonchev–Trinajstić information content (AvgIpc) is 1.63. The highest BCUT2D eigenvalue weighted by molar-refractivity contribution is 4.57. The highest BCUT2D eigenvalue weighted by atomic mass is 16.3. The van der Waals surface area contributed by atoms with Crippen LogP contribution in [0.25, 0.3) is 0 Å². The Morgan fingerprint density at radius 1 is 1.33 bits per heavy atom. The lowest BCUT2D eigenvalue weighted by molar-refractivity contribution is 0.0848. The van der Waals surface area contributed by atoms with Gasteiger partial charge < -0.3 is 10.2 Å². The van der Waals surface area contributed by atoms with Crippen LogP contribution in [0, 0.1) is 0 Å². The summed E-state index contributed by atoms with van der Waals surface area (Å²) in [7, 11) is 0. The molecule has 0 amide bonds. The van der Waals surface area contributed by atoms with E-state index in [1.165, 1.54) is 0 Å². The van der Waals surface area contributed by atoms with Gasteiger partial charge in [0.25, 0.3) is 0 Å². The Hall–Kier alpha value is -0.0800. The van der Waals surface area contributed by atoms with Crippen LogP contribution in [0.1, 0.15) is 33.1 Å². The van der Waals surface area contributed by atoms with Crippen molar-refractivity contribution >= 4 is 0 Å². The molecule has 0 fully saturated rings. The van der Waals surface area contributed by atoms with Crippen LogP contribution in [0.15, 0.2) is 0 Å². The molecule has 0 saturated heterocycles. The zero-order valence-corrected chi connectivity index (χ0v) is 6.17. The fraction of sp³-hybridized carbons (Fsp3) is 1.00. The summed E-state index contributed by atoms with van der Waals surface area (Å²) >= 11 is 0. The lowest BCUT2D eigenvalue weighted by Crippen LogP contribution is -2.13. The van der Waals surface area contributed by atoms with Gasteiger partial charge in [0.05, 0.1) is 12.2 Å². The molecule has 2 N–H and O–H groups in total. The predicted octanol–water partition coefficient (Wildman–Crippen LogP) is 0.918. The zero-order valence-electron chi connectivity index (χ0n) is 6.17. The molecule has 2 atom stereocenters. The lowest BCUT2D eigenvalue weighted by Gasteiger charge is -2.09. The largest absolute Gasteiger partial charge is 0.393 e. The van der Waals surface area contributed by atoms with Crippen LogP contribution in [0.5, 0.6) is 0 Å². The van der Waals surface area contributed by atoms with Crippen molar-refractivity contribution in [3.63, 3.8) is 0 Å². The fourth-order valence-electron chi connectivity index (χ4n) is 0.845. The quantitative estimate of drug-likeness (QED) is 0.597. The van der Waals surface area contributed by atoms with Gasteiger partial charge in [0.1, 0.15) is 0 Å². The lowest BCUT2D eigenvalue weighted by atomic mass is 10.1. The molecule has 56 valence electrons. The van der Waals surface area contributed by atoms with Crippen LogP contribution in [0.2, 0.25) is 0 Å². The molecule has 0 spiro atoms. The van der Waals surface area contributed by atoms with Crippen LogP contribution in [-0.2, 0) is 0 Å². The molecule has 0 radical (unpaired) electrons. The highest BCUT2D eigenvalue weighted by Gasteiger charge is 2.05. The van der Waals surface area contributed by atoms with E-state index >= 15 is 0 Å². The van der Waals surface area contributed by atoms with Crippen molar-refractivity contribution in [2.75, 3.05) is 0 Å². The van der Waals surface area contributed by atoms with Gasteiger partial charge in [-0.15, -0.1) is 0 Å². The molecule has 0 rings (SSSR count). The third-order valence-electron chi connectivity index (χ3n) is 1.24. The molecular weight excluding hydrogens is 116 g/mol. The molecule has 0 aromatic heterocycles. The van der Waals surface area contributed by atoms with E-state index in [0.717, 1.165) is 12.8 Å². The van der Waals surface area contributed by atoms with Crippen LogP contribution in [-0.4, -0.2) is 22.4 Å². The molecule has 2 nitrogen and oxygen atoms in total. The second-order valence-electron chi connectivity index (χ2n) is 2.53. The standard InChI is InChI=1S/C7H16O2/c1-3-4-7(9)5-6(2)8/h6-9H,3-5H2,1-2H3. The maximum Gasteiger partial charge on any atom is 0.0564 e. The van der Waals surface area contributed by atoms with Crippen molar-refractivity contribution in [1.29, 1.82) is 0 Å². The topological polar surface area (TPSA) is 40.5 Å². The number of aliphatic hydroxyl groups is 2.